The Morgan fingerprint density at radius 1 is 1.19 bits per heavy atom. The van der Waals surface area contributed by atoms with Crippen LogP contribution in [0, 0.1) is 0 Å². The van der Waals surface area contributed by atoms with E-state index in [1.807, 2.05) is 25.1 Å². The second-order valence-electron chi connectivity index (χ2n) is 4.54. The third-order valence-corrected chi connectivity index (χ3v) is 3.06. The van der Waals surface area contributed by atoms with E-state index in [-0.39, 0.29) is 0 Å². The largest absolute Gasteiger partial charge is 0.496 e. The van der Waals surface area contributed by atoms with Crippen LogP contribution in [0.25, 0.3) is 0 Å². The van der Waals surface area contributed by atoms with Gasteiger partial charge in [0.2, 0.25) is 0 Å². The van der Waals surface area contributed by atoms with Crippen molar-refractivity contribution in [1.29, 1.82) is 0 Å². The van der Waals surface area contributed by atoms with Gasteiger partial charge in [0.15, 0.2) is 5.96 Å². The molecule has 1 aromatic rings. The molecule has 0 aliphatic rings. The van der Waals surface area contributed by atoms with E-state index in [0.29, 0.717) is 0 Å². The molecule has 0 spiro atoms. The van der Waals surface area contributed by atoms with Crippen LogP contribution >= 0.6 is 0 Å². The Labute approximate surface area is 127 Å². The highest BCUT2D eigenvalue weighted by atomic mass is 16.5. The Morgan fingerprint density at radius 3 is 2.67 bits per heavy atom. The fourth-order valence-electron chi connectivity index (χ4n) is 1.97. The first-order valence-electron chi connectivity index (χ1n) is 7.46. The van der Waals surface area contributed by atoms with Crippen molar-refractivity contribution in [3.8, 4) is 5.75 Å². The fraction of sp³-hybridized carbons (Fsp3) is 0.562. The first-order chi connectivity index (χ1) is 10.3. The molecule has 5 nitrogen and oxygen atoms in total. The average Bonchev–Trinajstić information content (AvgIpc) is 2.53. The van der Waals surface area contributed by atoms with E-state index in [1.165, 1.54) is 5.56 Å². The van der Waals surface area contributed by atoms with Gasteiger partial charge < -0.3 is 20.1 Å². The summed E-state index contributed by atoms with van der Waals surface area (Å²) in [4.78, 5) is 4.20. The summed E-state index contributed by atoms with van der Waals surface area (Å²) in [5.41, 5.74) is 1.19. The maximum absolute atomic E-state index is 5.34. The molecule has 0 aliphatic heterocycles. The van der Waals surface area contributed by atoms with Crippen molar-refractivity contribution in [1.82, 2.24) is 10.6 Å². The minimum absolute atomic E-state index is 0.770. The van der Waals surface area contributed by atoms with Crippen LogP contribution in [-0.4, -0.2) is 46.4 Å². The number of nitrogens with zero attached hydrogens (tertiary/aromatic N) is 1. The molecule has 118 valence electrons. The second-order valence-corrected chi connectivity index (χ2v) is 4.54. The number of guanidine groups is 1. The predicted octanol–water partition coefficient (Wildman–Crippen LogP) is 1.83. The lowest BCUT2D eigenvalue weighted by molar-refractivity contribution is 0.145. The van der Waals surface area contributed by atoms with Crippen molar-refractivity contribution >= 4 is 5.96 Å². The van der Waals surface area contributed by atoms with Gasteiger partial charge in [-0.15, -0.1) is 0 Å². The number of hydrogen-bond donors (Lipinski definition) is 2. The van der Waals surface area contributed by atoms with E-state index in [4.69, 9.17) is 9.47 Å². The molecule has 2 N–H and O–H groups in total. The highest BCUT2D eigenvalue weighted by molar-refractivity contribution is 5.79. The zero-order chi connectivity index (χ0) is 15.3. The van der Waals surface area contributed by atoms with E-state index in [1.54, 1.807) is 14.2 Å². The summed E-state index contributed by atoms with van der Waals surface area (Å²) in [5.74, 6) is 1.75. The third-order valence-electron chi connectivity index (χ3n) is 3.06. The van der Waals surface area contributed by atoms with Crippen molar-refractivity contribution in [2.75, 3.05) is 40.5 Å². The molecule has 0 saturated carbocycles. The fourth-order valence-corrected chi connectivity index (χ4v) is 1.97. The monoisotopic (exact) mass is 293 g/mol. The van der Waals surface area contributed by atoms with Gasteiger partial charge in [0.05, 0.1) is 7.11 Å². The minimum Gasteiger partial charge on any atom is -0.496 e. The number of rotatable bonds is 9. The number of ether oxygens (including phenoxy) is 2. The summed E-state index contributed by atoms with van der Waals surface area (Å²) < 4.78 is 10.6. The van der Waals surface area contributed by atoms with E-state index in [2.05, 4.69) is 21.7 Å². The lowest BCUT2D eigenvalue weighted by atomic mass is 10.1. The molecule has 0 unspecified atom stereocenters. The quantitative estimate of drug-likeness (QED) is 0.414. The molecule has 0 aromatic heterocycles. The number of hydrogen-bond acceptors (Lipinski definition) is 3. The standard InChI is InChI=1S/C16H27N3O2/c1-4-21-13-7-11-18-16(17-2)19-12-10-14-8-5-6-9-15(14)20-3/h5-6,8-9H,4,7,10-13H2,1-3H3,(H2,17,18,19). The van der Waals surface area contributed by atoms with Crippen LogP contribution in [0.3, 0.4) is 0 Å². The summed E-state index contributed by atoms with van der Waals surface area (Å²) in [6, 6.07) is 8.07. The van der Waals surface area contributed by atoms with E-state index < -0.39 is 0 Å². The molecule has 0 saturated heterocycles. The maximum atomic E-state index is 5.34. The predicted molar refractivity (Wildman–Crippen MR) is 87.2 cm³/mol. The first-order valence-corrected chi connectivity index (χ1v) is 7.46. The highest BCUT2D eigenvalue weighted by Crippen LogP contribution is 2.17. The molecule has 0 bridgehead atoms. The highest BCUT2D eigenvalue weighted by Gasteiger charge is 2.02. The molecule has 0 radical (unpaired) electrons. The number of para-hydroxylation sites is 1. The molecule has 0 fully saturated rings. The van der Waals surface area contributed by atoms with Crippen LogP contribution in [0.1, 0.15) is 18.9 Å². The van der Waals surface area contributed by atoms with Gasteiger partial charge in [0.1, 0.15) is 5.75 Å². The molecule has 0 amide bonds. The molecule has 1 rings (SSSR count). The molecule has 0 aliphatic carbocycles. The van der Waals surface area contributed by atoms with Crippen LogP contribution in [0.5, 0.6) is 5.75 Å². The molecule has 0 atom stereocenters. The van der Waals surface area contributed by atoms with Gasteiger partial charge in [0.25, 0.3) is 0 Å². The van der Waals surface area contributed by atoms with E-state index in [0.717, 1.165) is 50.9 Å². The summed E-state index contributed by atoms with van der Waals surface area (Å²) in [5, 5.41) is 6.57. The minimum atomic E-state index is 0.770. The summed E-state index contributed by atoms with van der Waals surface area (Å²) in [6.45, 7) is 5.22. The maximum Gasteiger partial charge on any atom is 0.190 e. The number of methoxy groups -OCH3 is 1. The zero-order valence-corrected chi connectivity index (χ0v) is 13.3. The van der Waals surface area contributed by atoms with Crippen molar-refractivity contribution in [3.05, 3.63) is 29.8 Å². The van der Waals surface area contributed by atoms with Crippen molar-refractivity contribution in [2.24, 2.45) is 4.99 Å². The van der Waals surface area contributed by atoms with Crippen LogP contribution in [0.15, 0.2) is 29.3 Å². The Bertz CT molecular complexity index is 422. The topological polar surface area (TPSA) is 54.9 Å². The number of aliphatic imine (C=N–C) groups is 1. The Hall–Kier alpha value is -1.75. The molecule has 1 aromatic carbocycles. The van der Waals surface area contributed by atoms with Gasteiger partial charge in [-0.3, -0.25) is 4.99 Å². The van der Waals surface area contributed by atoms with Gasteiger partial charge in [0, 0.05) is 33.4 Å². The van der Waals surface area contributed by atoms with Gasteiger partial charge in [-0.25, -0.2) is 0 Å². The number of nitrogens with one attached hydrogen (secondary N) is 2. The van der Waals surface area contributed by atoms with Gasteiger partial charge in [-0.2, -0.15) is 0 Å². The normalized spacial score (nSPS) is 11.3. The van der Waals surface area contributed by atoms with E-state index >= 15 is 0 Å². The smallest absolute Gasteiger partial charge is 0.190 e. The third kappa shape index (κ3) is 6.99. The van der Waals surface area contributed by atoms with Crippen molar-refractivity contribution in [2.45, 2.75) is 19.8 Å². The van der Waals surface area contributed by atoms with Gasteiger partial charge in [-0.05, 0) is 31.4 Å². The Kier molecular flexibility index (Phi) is 9.04. The molecular weight excluding hydrogens is 266 g/mol. The van der Waals surface area contributed by atoms with Crippen LogP contribution < -0.4 is 15.4 Å². The van der Waals surface area contributed by atoms with Crippen molar-refractivity contribution < 1.29 is 9.47 Å². The molecule has 5 heteroatoms. The zero-order valence-electron chi connectivity index (χ0n) is 13.3. The van der Waals surface area contributed by atoms with Crippen LogP contribution in [0.2, 0.25) is 0 Å². The SMILES string of the molecule is CCOCCCNC(=NC)NCCc1ccccc1OC. The Morgan fingerprint density at radius 2 is 1.95 bits per heavy atom. The lowest BCUT2D eigenvalue weighted by Crippen LogP contribution is -2.39. The lowest BCUT2D eigenvalue weighted by Gasteiger charge is -2.13. The number of benzene rings is 1. The molecule has 0 heterocycles. The molecular formula is C16H27N3O2. The van der Waals surface area contributed by atoms with Crippen LogP contribution in [0.4, 0.5) is 0 Å². The first kappa shape index (κ1) is 17.3. The second kappa shape index (κ2) is 11.0. The Balaban J connectivity index is 2.26. The summed E-state index contributed by atoms with van der Waals surface area (Å²) >= 11 is 0. The van der Waals surface area contributed by atoms with E-state index in [9.17, 15) is 0 Å². The summed E-state index contributed by atoms with van der Waals surface area (Å²) in [6.07, 6.45) is 1.87. The van der Waals surface area contributed by atoms with Gasteiger partial charge in [-0.1, -0.05) is 18.2 Å². The molecule has 21 heavy (non-hydrogen) atoms. The average molecular weight is 293 g/mol. The van der Waals surface area contributed by atoms with Crippen molar-refractivity contribution in [3.63, 3.8) is 0 Å². The van der Waals surface area contributed by atoms with Gasteiger partial charge >= 0.3 is 0 Å². The van der Waals surface area contributed by atoms with Crippen LogP contribution in [-0.2, 0) is 11.2 Å². The summed E-state index contributed by atoms with van der Waals surface area (Å²) in [7, 11) is 3.48.